The number of sulfonamides is 1. The molecule has 0 amide bonds. The molecule has 0 aliphatic carbocycles. The van der Waals surface area contributed by atoms with E-state index in [0.29, 0.717) is 13.1 Å². The molecule has 0 saturated carbocycles. The Morgan fingerprint density at radius 3 is 2.80 bits per heavy atom. The topological polar surface area (TPSA) is 76.3 Å². The number of thioether (sulfide) groups is 1. The highest BCUT2D eigenvalue weighted by molar-refractivity contribution is 8.00. The Balaban J connectivity index is 2.28. The highest BCUT2D eigenvalue weighted by Gasteiger charge is 2.31. The average Bonchev–Trinajstić information content (AvgIpc) is 2.54. The second-order valence-corrected chi connectivity index (χ2v) is 9.45. The zero-order valence-corrected chi connectivity index (χ0v) is 13.9. The first-order valence-electron chi connectivity index (χ1n) is 6.27. The van der Waals surface area contributed by atoms with Gasteiger partial charge in [-0.1, -0.05) is 25.4 Å². The van der Waals surface area contributed by atoms with E-state index in [1.165, 1.54) is 16.6 Å². The van der Waals surface area contributed by atoms with Crippen LogP contribution >= 0.6 is 23.4 Å². The molecule has 8 heteroatoms. The zero-order chi connectivity index (χ0) is 15.0. The number of nitrogens with two attached hydrogens (primary N) is 1. The Kier molecular flexibility index (Phi) is 4.53. The van der Waals surface area contributed by atoms with E-state index in [-0.39, 0.29) is 20.5 Å². The lowest BCUT2D eigenvalue weighted by atomic mass is 10.1. The van der Waals surface area contributed by atoms with Gasteiger partial charge < -0.3 is 5.73 Å². The SMILES string of the molecule is CC1(C)CCN(S(=O)(=O)c2cnc(N)c(Cl)c2)CCS1. The van der Waals surface area contributed by atoms with Crippen molar-refractivity contribution in [3.05, 3.63) is 17.3 Å². The molecule has 1 aromatic heterocycles. The number of halogens is 1. The fourth-order valence-corrected chi connectivity index (χ4v) is 4.82. The van der Waals surface area contributed by atoms with Gasteiger partial charge >= 0.3 is 0 Å². The molecule has 1 fully saturated rings. The fourth-order valence-electron chi connectivity index (χ4n) is 1.96. The third-order valence-corrected chi connectivity index (χ3v) is 6.82. The van der Waals surface area contributed by atoms with Crippen molar-refractivity contribution < 1.29 is 8.42 Å². The maximum absolute atomic E-state index is 12.6. The Bertz CT molecular complexity index is 605. The first-order chi connectivity index (χ1) is 9.22. The highest BCUT2D eigenvalue weighted by Crippen LogP contribution is 2.32. The van der Waals surface area contributed by atoms with Crippen LogP contribution in [-0.2, 0) is 10.0 Å². The summed E-state index contributed by atoms with van der Waals surface area (Å²) in [5, 5.41) is 0.163. The van der Waals surface area contributed by atoms with Gasteiger partial charge in [0.15, 0.2) is 0 Å². The number of anilines is 1. The predicted octanol–water partition coefficient (Wildman–Crippen LogP) is 2.22. The molecule has 1 saturated heterocycles. The standard InChI is InChI=1S/C12H18ClN3O2S2/c1-12(2)3-4-16(5-6-19-12)20(17,18)9-7-10(13)11(14)15-8-9/h7-8H,3-6H2,1-2H3,(H2,14,15). The van der Waals surface area contributed by atoms with Gasteiger partial charge in [-0.15, -0.1) is 0 Å². The average molecular weight is 336 g/mol. The van der Waals surface area contributed by atoms with Gasteiger partial charge in [0.2, 0.25) is 10.0 Å². The predicted molar refractivity (Wildman–Crippen MR) is 83.6 cm³/mol. The lowest BCUT2D eigenvalue weighted by Gasteiger charge is -2.22. The minimum Gasteiger partial charge on any atom is -0.382 e. The first-order valence-corrected chi connectivity index (χ1v) is 9.08. The Morgan fingerprint density at radius 2 is 2.15 bits per heavy atom. The van der Waals surface area contributed by atoms with Crippen LogP contribution < -0.4 is 5.73 Å². The van der Waals surface area contributed by atoms with Crippen molar-refractivity contribution in [3.63, 3.8) is 0 Å². The Morgan fingerprint density at radius 1 is 1.45 bits per heavy atom. The summed E-state index contributed by atoms with van der Waals surface area (Å²) in [6.07, 6.45) is 2.08. The molecule has 2 rings (SSSR count). The molecule has 1 aliphatic heterocycles. The van der Waals surface area contributed by atoms with Crippen molar-refractivity contribution in [2.45, 2.75) is 29.9 Å². The summed E-state index contributed by atoms with van der Waals surface area (Å²) in [4.78, 5) is 3.93. The van der Waals surface area contributed by atoms with E-state index >= 15 is 0 Å². The third-order valence-electron chi connectivity index (χ3n) is 3.28. The van der Waals surface area contributed by atoms with Gasteiger partial charge in [-0.25, -0.2) is 13.4 Å². The van der Waals surface area contributed by atoms with Crippen LogP contribution in [0.25, 0.3) is 0 Å². The summed E-state index contributed by atoms with van der Waals surface area (Å²) in [5.41, 5.74) is 5.52. The summed E-state index contributed by atoms with van der Waals surface area (Å²) in [5.74, 6) is 0.917. The molecule has 5 nitrogen and oxygen atoms in total. The van der Waals surface area contributed by atoms with Crippen LogP contribution in [0.2, 0.25) is 5.02 Å². The van der Waals surface area contributed by atoms with Gasteiger partial charge in [0, 0.05) is 29.8 Å². The van der Waals surface area contributed by atoms with Gasteiger partial charge in [-0.3, -0.25) is 0 Å². The van der Waals surface area contributed by atoms with E-state index in [2.05, 4.69) is 18.8 Å². The molecule has 0 unspecified atom stereocenters. The lowest BCUT2D eigenvalue weighted by molar-refractivity contribution is 0.415. The van der Waals surface area contributed by atoms with Crippen molar-refractivity contribution in [3.8, 4) is 0 Å². The molecule has 2 heterocycles. The van der Waals surface area contributed by atoms with E-state index in [1.807, 2.05) is 0 Å². The molecule has 20 heavy (non-hydrogen) atoms. The molecule has 112 valence electrons. The van der Waals surface area contributed by atoms with Crippen molar-refractivity contribution in [2.24, 2.45) is 0 Å². The van der Waals surface area contributed by atoms with Gasteiger partial charge in [-0.05, 0) is 12.5 Å². The molecular formula is C12H18ClN3O2S2. The fraction of sp³-hybridized carbons (Fsp3) is 0.583. The largest absolute Gasteiger partial charge is 0.382 e. The van der Waals surface area contributed by atoms with Crippen molar-refractivity contribution in [1.29, 1.82) is 0 Å². The van der Waals surface area contributed by atoms with Crippen LogP contribution in [0.4, 0.5) is 5.82 Å². The van der Waals surface area contributed by atoms with Crippen LogP contribution in [0.1, 0.15) is 20.3 Å². The molecule has 1 aromatic rings. The number of rotatable bonds is 2. The zero-order valence-electron chi connectivity index (χ0n) is 11.5. The van der Waals surface area contributed by atoms with E-state index in [0.717, 1.165) is 12.2 Å². The minimum absolute atomic E-state index is 0.0985. The van der Waals surface area contributed by atoms with Gasteiger partial charge in [-0.2, -0.15) is 16.1 Å². The van der Waals surface area contributed by atoms with Crippen LogP contribution in [0.5, 0.6) is 0 Å². The maximum atomic E-state index is 12.6. The normalized spacial score (nSPS) is 20.6. The molecule has 2 N–H and O–H groups in total. The number of pyridine rings is 1. The second kappa shape index (κ2) is 5.71. The van der Waals surface area contributed by atoms with E-state index < -0.39 is 10.0 Å². The summed E-state index contributed by atoms with van der Waals surface area (Å²) in [6, 6.07) is 1.36. The first kappa shape index (κ1) is 15.9. The minimum atomic E-state index is -3.56. The number of nitrogens with zero attached hydrogens (tertiary/aromatic N) is 2. The Hall–Kier alpha value is -0.500. The molecule has 1 aliphatic rings. The van der Waals surface area contributed by atoms with Crippen LogP contribution in [0.15, 0.2) is 17.2 Å². The summed E-state index contributed by atoms with van der Waals surface area (Å²) in [6.45, 7) is 5.27. The summed E-state index contributed by atoms with van der Waals surface area (Å²) in [7, 11) is -3.56. The number of nitrogen functional groups attached to an aromatic ring is 1. The lowest BCUT2D eigenvalue weighted by Crippen LogP contribution is -2.33. The van der Waals surface area contributed by atoms with Gasteiger partial charge in [0.05, 0.1) is 5.02 Å². The molecule has 0 aromatic carbocycles. The van der Waals surface area contributed by atoms with Crippen molar-refractivity contribution >= 4 is 39.2 Å². The quantitative estimate of drug-likeness (QED) is 0.896. The maximum Gasteiger partial charge on any atom is 0.244 e. The number of hydrogen-bond acceptors (Lipinski definition) is 5. The van der Waals surface area contributed by atoms with E-state index in [9.17, 15) is 8.42 Å². The van der Waals surface area contributed by atoms with Crippen LogP contribution in [0, 0.1) is 0 Å². The summed E-state index contributed by atoms with van der Waals surface area (Å²) < 4.78 is 26.8. The van der Waals surface area contributed by atoms with Crippen molar-refractivity contribution in [2.75, 3.05) is 24.6 Å². The molecule has 0 radical (unpaired) electrons. The smallest absolute Gasteiger partial charge is 0.244 e. The molecule has 0 spiro atoms. The van der Waals surface area contributed by atoms with Crippen molar-refractivity contribution in [1.82, 2.24) is 9.29 Å². The third kappa shape index (κ3) is 3.39. The van der Waals surface area contributed by atoms with Gasteiger partial charge in [0.25, 0.3) is 0 Å². The van der Waals surface area contributed by atoms with E-state index in [1.54, 1.807) is 11.8 Å². The number of hydrogen-bond donors (Lipinski definition) is 1. The summed E-state index contributed by atoms with van der Waals surface area (Å²) >= 11 is 7.66. The number of aromatic nitrogens is 1. The van der Waals surface area contributed by atoms with E-state index in [4.69, 9.17) is 17.3 Å². The van der Waals surface area contributed by atoms with Gasteiger partial charge in [0.1, 0.15) is 10.7 Å². The van der Waals surface area contributed by atoms with Crippen LogP contribution in [0.3, 0.4) is 0 Å². The van der Waals surface area contributed by atoms with Crippen LogP contribution in [-0.4, -0.2) is 41.3 Å². The molecular weight excluding hydrogens is 318 g/mol. The second-order valence-electron chi connectivity index (χ2n) is 5.30. The Labute approximate surface area is 128 Å². The highest BCUT2D eigenvalue weighted by atomic mass is 35.5. The monoisotopic (exact) mass is 335 g/mol. The molecule has 0 bridgehead atoms. The molecule has 0 atom stereocenters.